The van der Waals surface area contributed by atoms with Gasteiger partial charge in [0, 0.05) is 0 Å². The molecule has 0 aliphatic rings. The number of phenols is 1. The van der Waals surface area contributed by atoms with Gasteiger partial charge in [-0.05, 0) is 56.5 Å². The molecule has 0 amide bonds. The van der Waals surface area contributed by atoms with Gasteiger partial charge in [0.15, 0.2) is 0 Å². The highest BCUT2D eigenvalue weighted by Crippen LogP contribution is 2.37. The minimum atomic E-state index is -2.96. The molecule has 0 bridgehead atoms. The summed E-state index contributed by atoms with van der Waals surface area (Å²) in [6, 6.07) is 3.27. The van der Waals surface area contributed by atoms with Crippen molar-refractivity contribution in [2.24, 2.45) is 0 Å². The average molecular weight is 360 g/mol. The number of halogens is 2. The summed E-state index contributed by atoms with van der Waals surface area (Å²) in [6.07, 6.45) is -0.505. The summed E-state index contributed by atoms with van der Waals surface area (Å²) in [7, 11) is -2.96. The highest BCUT2D eigenvalue weighted by atomic mass is 79.9. The smallest absolute Gasteiger partial charge is 0.317 e. The maximum absolute atomic E-state index is 10.5. The van der Waals surface area contributed by atoms with Crippen molar-refractivity contribution >= 4 is 40.1 Å². The standard InChI is InChI=1S/C8H9Br2O4P/c1-4(14-15(12)13)5-2-6(9)8(11)7(10)3-5/h2-4,11,15H,1H3,(H,12,13). The molecule has 2 N–H and O–H groups in total. The third-order valence-corrected chi connectivity index (χ3v) is 3.55. The quantitative estimate of drug-likeness (QED) is 0.812. The van der Waals surface area contributed by atoms with Gasteiger partial charge in [-0.25, -0.2) is 0 Å². The molecular weight excluding hydrogens is 351 g/mol. The molecule has 1 rings (SSSR count). The molecule has 84 valence electrons. The van der Waals surface area contributed by atoms with Crippen molar-refractivity contribution in [2.75, 3.05) is 0 Å². The second kappa shape index (κ2) is 5.46. The van der Waals surface area contributed by atoms with Crippen molar-refractivity contribution in [1.82, 2.24) is 0 Å². The molecule has 0 aliphatic heterocycles. The Hall–Kier alpha value is 0.130. The molecule has 0 spiro atoms. The summed E-state index contributed by atoms with van der Waals surface area (Å²) in [6.45, 7) is 1.66. The first-order valence-electron chi connectivity index (χ1n) is 3.99. The molecule has 4 nitrogen and oxygen atoms in total. The Morgan fingerprint density at radius 3 is 2.27 bits per heavy atom. The monoisotopic (exact) mass is 358 g/mol. The SMILES string of the molecule is CC(O[PH](=O)O)c1cc(Br)c(O)c(Br)c1. The fourth-order valence-electron chi connectivity index (χ4n) is 1.04. The highest BCUT2D eigenvalue weighted by Gasteiger charge is 2.12. The Bertz CT molecular complexity index is 373. The van der Waals surface area contributed by atoms with E-state index in [2.05, 4.69) is 31.9 Å². The van der Waals surface area contributed by atoms with E-state index in [-0.39, 0.29) is 5.75 Å². The number of phenolic OH excluding ortho intramolecular Hbond substituents is 1. The van der Waals surface area contributed by atoms with Crippen LogP contribution in [0.1, 0.15) is 18.6 Å². The predicted molar refractivity (Wildman–Crippen MR) is 64.2 cm³/mol. The van der Waals surface area contributed by atoms with Crippen LogP contribution in [0.25, 0.3) is 0 Å². The van der Waals surface area contributed by atoms with Crippen LogP contribution in [0.3, 0.4) is 0 Å². The van der Waals surface area contributed by atoms with Crippen LogP contribution >= 0.6 is 40.1 Å². The molecule has 15 heavy (non-hydrogen) atoms. The first-order chi connectivity index (χ1) is 6.91. The molecule has 0 heterocycles. The third kappa shape index (κ3) is 3.57. The summed E-state index contributed by atoms with van der Waals surface area (Å²) < 4.78 is 16.3. The van der Waals surface area contributed by atoms with Gasteiger partial charge in [0.25, 0.3) is 0 Å². The Kier molecular flexibility index (Phi) is 4.80. The Balaban J connectivity index is 3.00. The zero-order valence-electron chi connectivity index (χ0n) is 7.70. The first kappa shape index (κ1) is 13.2. The fourth-order valence-corrected chi connectivity index (χ4v) is 2.70. The molecule has 2 atom stereocenters. The lowest BCUT2D eigenvalue weighted by Crippen LogP contribution is -1.94. The van der Waals surface area contributed by atoms with Crippen molar-refractivity contribution in [3.05, 3.63) is 26.6 Å². The maximum Gasteiger partial charge on any atom is 0.317 e. The number of aromatic hydroxyl groups is 1. The number of hydrogen-bond acceptors (Lipinski definition) is 3. The van der Waals surface area contributed by atoms with Crippen LogP contribution < -0.4 is 0 Å². The van der Waals surface area contributed by atoms with Gasteiger partial charge >= 0.3 is 8.25 Å². The van der Waals surface area contributed by atoms with Gasteiger partial charge in [-0.2, -0.15) is 0 Å². The van der Waals surface area contributed by atoms with Crippen LogP contribution in [0.2, 0.25) is 0 Å². The molecule has 2 unspecified atom stereocenters. The maximum atomic E-state index is 10.5. The van der Waals surface area contributed by atoms with Crippen LogP contribution in [-0.2, 0) is 9.09 Å². The van der Waals surface area contributed by atoms with E-state index in [1.165, 1.54) is 0 Å². The molecule has 1 aromatic carbocycles. The molecule has 0 saturated carbocycles. The minimum absolute atomic E-state index is 0.0857. The highest BCUT2D eigenvalue weighted by molar-refractivity contribution is 9.11. The Morgan fingerprint density at radius 2 is 1.87 bits per heavy atom. The summed E-state index contributed by atoms with van der Waals surface area (Å²) in [5, 5.41) is 9.46. The summed E-state index contributed by atoms with van der Waals surface area (Å²) in [5.74, 6) is 0.0857. The van der Waals surface area contributed by atoms with E-state index in [1.54, 1.807) is 19.1 Å². The average Bonchev–Trinajstić information content (AvgIpc) is 2.12. The topological polar surface area (TPSA) is 66.8 Å². The van der Waals surface area contributed by atoms with Crippen molar-refractivity contribution in [3.8, 4) is 5.75 Å². The Labute approximate surface area is 104 Å². The zero-order chi connectivity index (χ0) is 11.6. The van der Waals surface area contributed by atoms with E-state index < -0.39 is 14.4 Å². The second-order valence-electron chi connectivity index (χ2n) is 2.86. The molecular formula is C8H9Br2O4P. The molecule has 0 aromatic heterocycles. The summed E-state index contributed by atoms with van der Waals surface area (Å²) in [5.41, 5.74) is 0.693. The minimum Gasteiger partial charge on any atom is -0.506 e. The van der Waals surface area contributed by atoms with E-state index >= 15 is 0 Å². The van der Waals surface area contributed by atoms with Gasteiger partial charge in [0.2, 0.25) is 0 Å². The van der Waals surface area contributed by atoms with Crippen molar-refractivity contribution < 1.29 is 19.1 Å². The number of benzene rings is 1. The van der Waals surface area contributed by atoms with E-state index in [9.17, 15) is 9.67 Å². The van der Waals surface area contributed by atoms with Gasteiger partial charge < -0.3 is 14.5 Å². The Morgan fingerprint density at radius 1 is 1.40 bits per heavy atom. The van der Waals surface area contributed by atoms with Gasteiger partial charge in [-0.3, -0.25) is 4.57 Å². The van der Waals surface area contributed by atoms with Crippen LogP contribution in [0, 0.1) is 0 Å². The lowest BCUT2D eigenvalue weighted by atomic mass is 10.1. The summed E-state index contributed by atoms with van der Waals surface area (Å²) in [4.78, 5) is 8.63. The normalized spacial score (nSPS) is 14.9. The molecule has 0 fully saturated rings. The molecule has 0 aliphatic carbocycles. The summed E-state index contributed by atoms with van der Waals surface area (Å²) >= 11 is 6.33. The lowest BCUT2D eigenvalue weighted by molar-refractivity contribution is 0.209. The van der Waals surface area contributed by atoms with Gasteiger partial charge in [0.1, 0.15) is 5.75 Å². The van der Waals surface area contributed by atoms with E-state index in [4.69, 9.17) is 9.42 Å². The fraction of sp³-hybridized carbons (Fsp3) is 0.250. The second-order valence-corrected chi connectivity index (χ2v) is 5.34. The van der Waals surface area contributed by atoms with E-state index in [1.807, 2.05) is 0 Å². The van der Waals surface area contributed by atoms with Gasteiger partial charge in [-0.1, -0.05) is 0 Å². The van der Waals surface area contributed by atoms with Crippen LogP contribution in [-0.4, -0.2) is 10.00 Å². The van der Waals surface area contributed by atoms with E-state index in [0.29, 0.717) is 14.5 Å². The van der Waals surface area contributed by atoms with Crippen LogP contribution in [0.5, 0.6) is 5.75 Å². The van der Waals surface area contributed by atoms with Crippen molar-refractivity contribution in [1.29, 1.82) is 0 Å². The molecule has 7 heteroatoms. The zero-order valence-corrected chi connectivity index (χ0v) is 11.9. The predicted octanol–water partition coefficient (Wildman–Crippen LogP) is 3.38. The van der Waals surface area contributed by atoms with Crippen molar-refractivity contribution in [2.45, 2.75) is 13.0 Å². The first-order valence-corrected chi connectivity index (χ1v) is 6.84. The van der Waals surface area contributed by atoms with Crippen LogP contribution in [0.15, 0.2) is 21.1 Å². The van der Waals surface area contributed by atoms with Gasteiger partial charge in [0.05, 0.1) is 15.0 Å². The lowest BCUT2D eigenvalue weighted by Gasteiger charge is -2.12. The number of rotatable bonds is 3. The van der Waals surface area contributed by atoms with E-state index in [0.717, 1.165) is 0 Å². The van der Waals surface area contributed by atoms with Crippen molar-refractivity contribution in [3.63, 3.8) is 0 Å². The largest absolute Gasteiger partial charge is 0.506 e. The number of hydrogen-bond donors (Lipinski definition) is 2. The van der Waals surface area contributed by atoms with Crippen LogP contribution in [0.4, 0.5) is 0 Å². The molecule has 0 radical (unpaired) electrons. The molecule has 1 aromatic rings. The molecule has 0 saturated heterocycles. The third-order valence-electron chi connectivity index (χ3n) is 1.79. The van der Waals surface area contributed by atoms with Gasteiger partial charge in [-0.15, -0.1) is 0 Å².